The van der Waals surface area contributed by atoms with E-state index in [1.807, 2.05) is 91.0 Å². The molecule has 2 heteroatoms. The summed E-state index contributed by atoms with van der Waals surface area (Å²) in [5, 5.41) is 2.83. The van der Waals surface area contributed by atoms with Crippen molar-refractivity contribution in [2.24, 2.45) is 0 Å². The second-order valence-electron chi connectivity index (χ2n) is 5.25. The summed E-state index contributed by atoms with van der Waals surface area (Å²) in [5.74, 6) is -0.203. The number of rotatable bonds is 4. The Morgan fingerprint density at radius 1 is 0.708 bits per heavy atom. The lowest BCUT2D eigenvalue weighted by Crippen LogP contribution is -2.07. The normalized spacial score (nSPS) is 9.67. The summed E-state index contributed by atoms with van der Waals surface area (Å²) >= 11 is 0. The first-order chi connectivity index (χ1) is 11.8. The fourth-order valence-electron chi connectivity index (χ4n) is 2.38. The zero-order valence-corrected chi connectivity index (χ0v) is 13.1. The third kappa shape index (κ3) is 4.10. The highest BCUT2D eigenvalue weighted by Crippen LogP contribution is 2.21. The molecule has 1 amide bonds. The van der Waals surface area contributed by atoms with Gasteiger partial charge in [-0.3, -0.25) is 4.79 Å². The van der Waals surface area contributed by atoms with Gasteiger partial charge < -0.3 is 5.32 Å². The van der Waals surface area contributed by atoms with Gasteiger partial charge in [0, 0.05) is 17.3 Å². The second-order valence-corrected chi connectivity index (χ2v) is 5.25. The number of amides is 1. The number of hydrogen-bond acceptors (Lipinski definition) is 1. The standard InChI is InChI=1S/C22H17NO/c24-22(23-20-14-8-3-9-15-20)17-16-21(18-10-4-1-5-11-18)19-12-6-2-7-13-19/h1-15,17H,(H,23,24). The molecule has 0 unspecified atom stereocenters. The molecule has 0 aliphatic heterocycles. The molecule has 24 heavy (non-hydrogen) atoms. The third-order valence-electron chi connectivity index (χ3n) is 3.51. The number of benzene rings is 3. The summed E-state index contributed by atoms with van der Waals surface area (Å²) in [7, 11) is 0. The minimum Gasteiger partial charge on any atom is -0.322 e. The smallest absolute Gasteiger partial charge is 0.256 e. The van der Waals surface area contributed by atoms with E-state index in [0.717, 1.165) is 22.4 Å². The number of carbonyl (C=O) groups is 1. The van der Waals surface area contributed by atoms with E-state index >= 15 is 0 Å². The SMILES string of the molecule is O=C(C=C=C(c1ccccc1)c1ccccc1)Nc1ccccc1. The molecule has 2 nitrogen and oxygen atoms in total. The van der Waals surface area contributed by atoms with Crippen molar-refractivity contribution < 1.29 is 4.79 Å². The summed E-state index contributed by atoms with van der Waals surface area (Å²) in [5.41, 5.74) is 6.85. The van der Waals surface area contributed by atoms with Crippen molar-refractivity contribution in [1.82, 2.24) is 0 Å². The van der Waals surface area contributed by atoms with Crippen molar-refractivity contribution in [1.29, 1.82) is 0 Å². The van der Waals surface area contributed by atoms with Crippen LogP contribution in [0.15, 0.2) is 103 Å². The van der Waals surface area contributed by atoms with Gasteiger partial charge in [-0.1, -0.05) is 78.9 Å². The number of para-hydroxylation sites is 1. The Morgan fingerprint density at radius 2 is 1.17 bits per heavy atom. The van der Waals surface area contributed by atoms with Crippen LogP contribution in [0.5, 0.6) is 0 Å². The van der Waals surface area contributed by atoms with Crippen LogP contribution in [-0.4, -0.2) is 5.91 Å². The van der Waals surface area contributed by atoms with E-state index in [2.05, 4.69) is 11.0 Å². The van der Waals surface area contributed by atoms with E-state index in [4.69, 9.17) is 0 Å². The summed E-state index contributed by atoms with van der Waals surface area (Å²) in [4.78, 5) is 12.1. The van der Waals surface area contributed by atoms with Gasteiger partial charge in [0.2, 0.25) is 0 Å². The molecular formula is C22H17NO. The Balaban J connectivity index is 1.93. The maximum atomic E-state index is 12.1. The fraction of sp³-hybridized carbons (Fsp3) is 0. The van der Waals surface area contributed by atoms with Gasteiger partial charge in [0.05, 0.1) is 0 Å². The first-order valence-electron chi connectivity index (χ1n) is 7.76. The number of anilines is 1. The molecule has 0 aliphatic rings. The molecule has 0 radical (unpaired) electrons. The molecule has 0 bridgehead atoms. The van der Waals surface area contributed by atoms with E-state index in [1.165, 1.54) is 6.08 Å². The molecule has 0 saturated carbocycles. The molecule has 0 saturated heterocycles. The summed E-state index contributed by atoms with van der Waals surface area (Å²) in [6.07, 6.45) is 1.45. The van der Waals surface area contributed by atoms with Crippen LogP contribution in [0.25, 0.3) is 5.57 Å². The van der Waals surface area contributed by atoms with Crippen LogP contribution in [0.4, 0.5) is 5.69 Å². The zero-order valence-electron chi connectivity index (χ0n) is 13.1. The number of hydrogen-bond donors (Lipinski definition) is 1. The Bertz CT molecular complexity index is 820. The van der Waals surface area contributed by atoms with Gasteiger partial charge in [-0.25, -0.2) is 0 Å². The molecule has 1 N–H and O–H groups in total. The maximum absolute atomic E-state index is 12.1. The Kier molecular flexibility index (Phi) is 5.03. The van der Waals surface area contributed by atoms with E-state index in [1.54, 1.807) is 0 Å². The van der Waals surface area contributed by atoms with Gasteiger partial charge in [0.25, 0.3) is 5.91 Å². The summed E-state index contributed by atoms with van der Waals surface area (Å²) < 4.78 is 0. The first-order valence-corrected chi connectivity index (χ1v) is 7.76. The molecule has 0 spiro atoms. The highest BCUT2D eigenvalue weighted by atomic mass is 16.1. The van der Waals surface area contributed by atoms with E-state index in [9.17, 15) is 4.79 Å². The van der Waals surface area contributed by atoms with Crippen molar-refractivity contribution in [2.45, 2.75) is 0 Å². The van der Waals surface area contributed by atoms with Crippen molar-refractivity contribution in [3.05, 3.63) is 114 Å². The average molecular weight is 311 g/mol. The lowest BCUT2D eigenvalue weighted by Gasteiger charge is -2.05. The predicted octanol–water partition coefficient (Wildman–Crippen LogP) is 4.91. The van der Waals surface area contributed by atoms with Crippen molar-refractivity contribution in [3.63, 3.8) is 0 Å². The van der Waals surface area contributed by atoms with Gasteiger partial charge in [0.1, 0.15) is 0 Å². The van der Waals surface area contributed by atoms with Gasteiger partial charge in [-0.05, 0) is 23.3 Å². The lowest BCUT2D eigenvalue weighted by molar-refractivity contribution is -0.111. The molecular weight excluding hydrogens is 294 g/mol. The lowest BCUT2D eigenvalue weighted by atomic mass is 9.99. The predicted molar refractivity (Wildman–Crippen MR) is 98.5 cm³/mol. The number of carbonyl (C=O) groups excluding carboxylic acids is 1. The first kappa shape index (κ1) is 15.5. The van der Waals surface area contributed by atoms with E-state index in [0.29, 0.717) is 0 Å². The van der Waals surface area contributed by atoms with Crippen LogP contribution in [0.2, 0.25) is 0 Å². The summed E-state index contributed by atoms with van der Waals surface area (Å²) in [6.45, 7) is 0. The van der Waals surface area contributed by atoms with Crippen LogP contribution < -0.4 is 5.32 Å². The monoisotopic (exact) mass is 311 g/mol. The average Bonchev–Trinajstić information content (AvgIpc) is 2.64. The molecule has 0 atom stereocenters. The Labute approximate surface area is 141 Å². The van der Waals surface area contributed by atoms with E-state index < -0.39 is 0 Å². The summed E-state index contributed by atoms with van der Waals surface area (Å²) in [6, 6.07) is 29.3. The zero-order chi connectivity index (χ0) is 16.6. The molecule has 3 rings (SSSR count). The van der Waals surface area contributed by atoms with Crippen LogP contribution in [0.3, 0.4) is 0 Å². The van der Waals surface area contributed by atoms with Crippen LogP contribution in [0.1, 0.15) is 11.1 Å². The van der Waals surface area contributed by atoms with Crippen LogP contribution in [0, 0.1) is 0 Å². The highest BCUT2D eigenvalue weighted by Gasteiger charge is 2.03. The van der Waals surface area contributed by atoms with Crippen molar-refractivity contribution in [2.75, 3.05) is 5.32 Å². The molecule has 3 aromatic rings. The van der Waals surface area contributed by atoms with Crippen LogP contribution >= 0.6 is 0 Å². The van der Waals surface area contributed by atoms with Gasteiger partial charge in [0.15, 0.2) is 0 Å². The molecule has 0 aliphatic carbocycles. The van der Waals surface area contributed by atoms with Gasteiger partial charge >= 0.3 is 0 Å². The fourth-order valence-corrected chi connectivity index (χ4v) is 2.38. The minimum absolute atomic E-state index is 0.203. The molecule has 0 fully saturated rings. The Morgan fingerprint density at radius 3 is 1.67 bits per heavy atom. The topological polar surface area (TPSA) is 29.1 Å². The third-order valence-corrected chi connectivity index (χ3v) is 3.51. The van der Waals surface area contributed by atoms with Crippen molar-refractivity contribution in [3.8, 4) is 0 Å². The largest absolute Gasteiger partial charge is 0.322 e. The molecule has 0 heterocycles. The quantitative estimate of drug-likeness (QED) is 0.538. The van der Waals surface area contributed by atoms with Gasteiger partial charge in [-0.2, -0.15) is 0 Å². The van der Waals surface area contributed by atoms with Crippen LogP contribution in [-0.2, 0) is 4.79 Å². The molecule has 3 aromatic carbocycles. The Hall–Kier alpha value is -3.35. The molecule has 0 aromatic heterocycles. The minimum atomic E-state index is -0.203. The number of nitrogens with one attached hydrogen (secondary N) is 1. The van der Waals surface area contributed by atoms with Gasteiger partial charge in [-0.15, -0.1) is 5.73 Å². The van der Waals surface area contributed by atoms with Crippen molar-refractivity contribution >= 4 is 17.2 Å². The van der Waals surface area contributed by atoms with E-state index in [-0.39, 0.29) is 5.91 Å². The second kappa shape index (κ2) is 7.77. The molecule has 116 valence electrons. The highest BCUT2D eigenvalue weighted by molar-refractivity contribution is 6.00. The maximum Gasteiger partial charge on any atom is 0.256 e.